The van der Waals surface area contributed by atoms with Crippen molar-refractivity contribution in [2.45, 2.75) is 43.4 Å². The van der Waals surface area contributed by atoms with Crippen LogP contribution >= 0.6 is 0 Å². The molecule has 0 saturated heterocycles. The average molecular weight is 643 g/mol. The van der Waals surface area contributed by atoms with Crippen molar-refractivity contribution < 1.29 is 44.3 Å². The van der Waals surface area contributed by atoms with Crippen LogP contribution < -0.4 is 15.4 Å². The van der Waals surface area contributed by atoms with Gasteiger partial charge in [0.2, 0.25) is 5.91 Å². The lowest BCUT2D eigenvalue weighted by atomic mass is 9.85. The summed E-state index contributed by atoms with van der Waals surface area (Å²) < 4.78 is 91.6. The molecule has 2 N–H and O–H groups in total. The van der Waals surface area contributed by atoms with Crippen molar-refractivity contribution in [3.63, 3.8) is 0 Å². The minimum atomic E-state index is -4.51. The van der Waals surface area contributed by atoms with E-state index in [1.165, 1.54) is 41.1 Å². The van der Waals surface area contributed by atoms with Crippen molar-refractivity contribution >= 4 is 37.2 Å². The van der Waals surface area contributed by atoms with Gasteiger partial charge in [0.1, 0.15) is 22.9 Å². The van der Waals surface area contributed by atoms with Crippen LogP contribution in [0.4, 0.5) is 18.9 Å². The maximum atomic E-state index is 13.6. The van der Waals surface area contributed by atoms with Crippen molar-refractivity contribution in [3.8, 4) is 17.0 Å². The van der Waals surface area contributed by atoms with E-state index < -0.39 is 55.6 Å². The van der Waals surface area contributed by atoms with Crippen LogP contribution in [0.15, 0.2) is 47.4 Å². The van der Waals surface area contributed by atoms with Gasteiger partial charge >= 0.3 is 6.18 Å². The number of hydrogen-bond acceptors (Lipinski definition) is 8. The summed E-state index contributed by atoms with van der Waals surface area (Å²) in [6.45, 7) is 2.08. The predicted octanol–water partition coefficient (Wildman–Crippen LogP) is 3.10. The van der Waals surface area contributed by atoms with Crippen LogP contribution in [0.2, 0.25) is 0 Å². The van der Waals surface area contributed by atoms with E-state index in [2.05, 4.69) is 15.7 Å². The Kier molecular flexibility index (Phi) is 8.41. The van der Waals surface area contributed by atoms with Crippen LogP contribution in [0.3, 0.4) is 0 Å². The molecule has 0 spiro atoms. The molecule has 1 aliphatic rings. The number of nitrogens with zero attached hydrogens (tertiary/aromatic N) is 2. The van der Waals surface area contributed by atoms with Gasteiger partial charge in [0.05, 0.1) is 17.0 Å². The van der Waals surface area contributed by atoms with Crippen molar-refractivity contribution in [3.05, 3.63) is 59.3 Å². The normalized spacial score (nSPS) is 17.2. The minimum absolute atomic E-state index is 0.0131. The molecule has 1 atom stereocenters. The topological polar surface area (TPSA) is 154 Å². The number of anilines is 1. The third kappa shape index (κ3) is 7.36. The smallest absolute Gasteiger partial charge is 0.422 e. The zero-order chi connectivity index (χ0) is 32.0. The fourth-order valence-electron chi connectivity index (χ4n) is 4.86. The first-order valence-electron chi connectivity index (χ1n) is 12.8. The van der Waals surface area contributed by atoms with Crippen molar-refractivity contribution in [2.75, 3.05) is 30.2 Å². The zero-order valence-corrected chi connectivity index (χ0v) is 25.2. The van der Waals surface area contributed by atoms with Gasteiger partial charge < -0.3 is 15.4 Å². The summed E-state index contributed by atoms with van der Waals surface area (Å²) in [4.78, 5) is 26.3. The van der Waals surface area contributed by atoms with Gasteiger partial charge in [-0.25, -0.2) is 16.8 Å². The highest BCUT2D eigenvalue weighted by Crippen LogP contribution is 2.38. The Morgan fingerprint density at radius 3 is 2.33 bits per heavy atom. The molecule has 4 rings (SSSR count). The van der Waals surface area contributed by atoms with Gasteiger partial charge in [0.25, 0.3) is 5.91 Å². The maximum Gasteiger partial charge on any atom is 0.422 e. The summed E-state index contributed by atoms with van der Waals surface area (Å²) in [5.41, 5.74) is 0.440. The van der Waals surface area contributed by atoms with Crippen LogP contribution in [0.5, 0.6) is 5.75 Å². The average Bonchev–Trinajstić information content (AvgIpc) is 3.22. The van der Waals surface area contributed by atoms with Crippen molar-refractivity contribution in [1.82, 2.24) is 15.1 Å². The van der Waals surface area contributed by atoms with Gasteiger partial charge in [-0.2, -0.15) is 18.3 Å². The molecule has 232 valence electrons. The SMILES string of the molecule is CCc1cc(OCC(F)(F)F)ccc1[C@@]1(C)Cn2nc(-c3ccc(S(C)(=O)=O)cc3)c(NC(=O)CS(C)(=O)=O)c2C(=O)N1. The largest absolute Gasteiger partial charge is 0.484 e. The molecule has 11 nitrogen and oxygen atoms in total. The number of carbonyl (C=O) groups is 2. The molecule has 3 aromatic rings. The van der Waals surface area contributed by atoms with Gasteiger partial charge in [-0.1, -0.05) is 25.1 Å². The fourth-order valence-corrected chi connectivity index (χ4v) is 6.04. The number of benzene rings is 2. The molecule has 0 bridgehead atoms. The summed E-state index contributed by atoms with van der Waals surface area (Å²) in [7, 11) is -7.24. The van der Waals surface area contributed by atoms with E-state index >= 15 is 0 Å². The Morgan fingerprint density at radius 1 is 1.12 bits per heavy atom. The molecule has 0 unspecified atom stereocenters. The molecule has 16 heteroatoms. The van der Waals surface area contributed by atoms with Gasteiger partial charge in [-0.05, 0) is 48.7 Å². The predicted molar refractivity (Wildman–Crippen MR) is 151 cm³/mol. The van der Waals surface area contributed by atoms with E-state index in [1.54, 1.807) is 19.9 Å². The molecular weight excluding hydrogens is 613 g/mol. The van der Waals surface area contributed by atoms with E-state index in [0.29, 0.717) is 23.1 Å². The number of sulfone groups is 2. The van der Waals surface area contributed by atoms with E-state index in [-0.39, 0.29) is 34.3 Å². The van der Waals surface area contributed by atoms with E-state index in [1.807, 2.05) is 0 Å². The minimum Gasteiger partial charge on any atom is -0.484 e. The Balaban J connectivity index is 1.78. The van der Waals surface area contributed by atoms with Crippen molar-refractivity contribution in [2.24, 2.45) is 0 Å². The van der Waals surface area contributed by atoms with E-state index in [0.717, 1.165) is 12.5 Å². The lowest BCUT2D eigenvalue weighted by Gasteiger charge is -2.37. The first-order valence-corrected chi connectivity index (χ1v) is 16.8. The number of rotatable bonds is 9. The third-order valence-corrected chi connectivity index (χ3v) is 8.61. The summed E-state index contributed by atoms with van der Waals surface area (Å²) in [6, 6.07) is 9.99. The quantitative estimate of drug-likeness (QED) is 0.361. The number of hydrogen-bond donors (Lipinski definition) is 2. The summed E-state index contributed by atoms with van der Waals surface area (Å²) in [6.07, 6.45) is -2.19. The maximum absolute atomic E-state index is 13.6. The molecule has 0 aliphatic carbocycles. The van der Waals surface area contributed by atoms with Crippen molar-refractivity contribution in [1.29, 1.82) is 0 Å². The molecule has 2 heterocycles. The number of ether oxygens (including phenoxy) is 1. The molecule has 0 radical (unpaired) electrons. The zero-order valence-electron chi connectivity index (χ0n) is 23.6. The van der Waals surface area contributed by atoms with Gasteiger partial charge in [0, 0.05) is 18.1 Å². The van der Waals surface area contributed by atoms with Crippen LogP contribution in [-0.2, 0) is 43.0 Å². The number of aromatic nitrogens is 2. The lowest BCUT2D eigenvalue weighted by molar-refractivity contribution is -0.153. The second-order valence-electron chi connectivity index (χ2n) is 10.5. The Morgan fingerprint density at radius 2 is 1.77 bits per heavy atom. The summed E-state index contributed by atoms with van der Waals surface area (Å²) in [5, 5.41) is 9.94. The number of amides is 2. The highest BCUT2D eigenvalue weighted by atomic mass is 32.2. The van der Waals surface area contributed by atoms with Gasteiger partial charge in [-0.15, -0.1) is 0 Å². The first-order chi connectivity index (χ1) is 19.8. The number of carbonyl (C=O) groups excluding carboxylic acids is 2. The highest BCUT2D eigenvalue weighted by molar-refractivity contribution is 7.91. The van der Waals surface area contributed by atoms with Crippen LogP contribution in [0, 0.1) is 0 Å². The second kappa shape index (κ2) is 11.3. The molecule has 0 saturated carbocycles. The Labute approximate surface area is 246 Å². The monoisotopic (exact) mass is 642 g/mol. The third-order valence-electron chi connectivity index (χ3n) is 6.69. The standard InChI is InChI=1S/C27H29F3N4O7S2/c1-5-16-12-18(41-15-27(28,29)30)8-11-20(16)26(2)14-34-24(25(36)32-26)23(31-21(35)13-42(3,37)38)22(33-34)17-6-9-19(10-7-17)43(4,39)40/h6-12H,5,13-15H2,1-4H3,(H,31,35)(H,32,36)/t26-/m1/s1. The number of alkyl halides is 3. The Hall–Kier alpha value is -3.92. The highest BCUT2D eigenvalue weighted by Gasteiger charge is 2.41. The fraction of sp³-hybridized carbons (Fsp3) is 0.370. The molecule has 1 aliphatic heterocycles. The van der Waals surface area contributed by atoms with E-state index in [4.69, 9.17) is 4.74 Å². The number of fused-ring (bicyclic) bond motifs is 1. The number of halogens is 3. The summed E-state index contributed by atoms with van der Waals surface area (Å²) >= 11 is 0. The van der Waals surface area contributed by atoms with Crippen LogP contribution in [-0.4, -0.2) is 69.5 Å². The summed E-state index contributed by atoms with van der Waals surface area (Å²) in [5.74, 6) is -2.41. The van der Waals surface area contributed by atoms with E-state index in [9.17, 15) is 39.6 Å². The number of aryl methyl sites for hydroxylation is 1. The molecular formula is C27H29F3N4O7S2. The lowest BCUT2D eigenvalue weighted by Crippen LogP contribution is -2.52. The molecule has 2 aromatic carbocycles. The Bertz CT molecular complexity index is 1800. The van der Waals surface area contributed by atoms with Gasteiger partial charge in [0.15, 0.2) is 32.0 Å². The first kappa shape index (κ1) is 32.0. The molecule has 43 heavy (non-hydrogen) atoms. The van der Waals surface area contributed by atoms with Crippen LogP contribution in [0.25, 0.3) is 11.3 Å². The molecule has 1 aromatic heterocycles. The molecule has 0 fully saturated rings. The van der Waals surface area contributed by atoms with Crippen LogP contribution in [0.1, 0.15) is 35.5 Å². The molecule has 2 amide bonds. The number of nitrogens with one attached hydrogen (secondary N) is 2. The van der Waals surface area contributed by atoms with Gasteiger partial charge in [-0.3, -0.25) is 14.3 Å². The second-order valence-corrected chi connectivity index (χ2v) is 14.7.